The molecule has 8 nitrogen and oxygen atoms in total. The lowest BCUT2D eigenvalue weighted by atomic mass is 10.2. The number of amides is 1. The summed E-state index contributed by atoms with van der Waals surface area (Å²) in [6.07, 6.45) is 0.722. The number of hydrogen-bond donors (Lipinski definition) is 1. The number of hydrogen-bond acceptors (Lipinski definition) is 7. The first-order valence-corrected chi connectivity index (χ1v) is 11.8. The van der Waals surface area contributed by atoms with Gasteiger partial charge in [-0.2, -0.15) is 9.61 Å². The van der Waals surface area contributed by atoms with Crippen molar-refractivity contribution in [3.63, 3.8) is 0 Å². The van der Waals surface area contributed by atoms with Gasteiger partial charge in [-0.25, -0.2) is 0 Å². The Morgan fingerprint density at radius 2 is 2.00 bits per heavy atom. The zero-order valence-corrected chi connectivity index (χ0v) is 20.3. The Hall–Kier alpha value is -3.40. The average molecular weight is 514 g/mol. The Morgan fingerprint density at radius 1 is 1.15 bits per heavy atom. The van der Waals surface area contributed by atoms with Gasteiger partial charge in [0.1, 0.15) is 16.5 Å². The number of fused-ring (bicyclic) bond motifs is 1. The van der Waals surface area contributed by atoms with Gasteiger partial charge in [0.05, 0.1) is 17.8 Å². The number of halogens is 2. The van der Waals surface area contributed by atoms with Gasteiger partial charge in [-0.3, -0.25) is 4.79 Å². The van der Waals surface area contributed by atoms with E-state index in [9.17, 15) is 4.79 Å². The molecule has 5 rings (SSSR count). The van der Waals surface area contributed by atoms with E-state index in [-0.39, 0.29) is 5.76 Å². The van der Waals surface area contributed by atoms with Gasteiger partial charge in [0.25, 0.3) is 5.91 Å². The van der Waals surface area contributed by atoms with Crippen molar-refractivity contribution in [3.05, 3.63) is 70.2 Å². The van der Waals surface area contributed by atoms with Crippen molar-refractivity contribution in [2.45, 2.75) is 13.3 Å². The summed E-state index contributed by atoms with van der Waals surface area (Å²) in [6.45, 7) is 2.00. The summed E-state index contributed by atoms with van der Waals surface area (Å²) in [5.74, 6) is 1.40. The summed E-state index contributed by atoms with van der Waals surface area (Å²) in [6, 6.07) is 13.7. The predicted molar refractivity (Wildman–Crippen MR) is 132 cm³/mol. The second-order valence-corrected chi connectivity index (χ2v) is 9.03. The van der Waals surface area contributed by atoms with Crippen molar-refractivity contribution < 1.29 is 13.9 Å². The van der Waals surface area contributed by atoms with E-state index >= 15 is 0 Å². The van der Waals surface area contributed by atoms with E-state index in [4.69, 9.17) is 32.4 Å². The maximum atomic E-state index is 13.0. The smallest absolute Gasteiger partial charge is 0.291 e. The minimum Gasteiger partial charge on any atom is -0.495 e. The molecule has 0 aliphatic carbocycles. The summed E-state index contributed by atoms with van der Waals surface area (Å²) in [5.41, 5.74) is 1.88. The van der Waals surface area contributed by atoms with E-state index in [1.54, 1.807) is 47.0 Å². The zero-order chi connectivity index (χ0) is 23.8. The molecule has 0 unspecified atom stereocenters. The molecule has 0 aliphatic rings. The standard InChI is InChI=1S/C23H17Cl2N5O3S/c1-3-20-27-28-23-30(20)29-22(34-23)12-4-7-18(32-2)16(10-12)26-21(31)19-9-8-17(33-19)14-11-13(24)5-6-15(14)25/h4-11H,3H2,1-2H3,(H,26,31). The van der Waals surface area contributed by atoms with Gasteiger partial charge >= 0.3 is 0 Å². The van der Waals surface area contributed by atoms with Crippen LogP contribution < -0.4 is 10.1 Å². The fraction of sp³-hybridized carbons (Fsp3) is 0.130. The van der Waals surface area contributed by atoms with E-state index in [1.807, 2.05) is 13.0 Å². The lowest BCUT2D eigenvalue weighted by Crippen LogP contribution is -2.11. The minimum atomic E-state index is -0.439. The molecule has 11 heteroatoms. The summed E-state index contributed by atoms with van der Waals surface area (Å²) >= 11 is 13.7. The van der Waals surface area contributed by atoms with Crippen LogP contribution in [0.3, 0.4) is 0 Å². The third-order valence-corrected chi connectivity index (χ3v) is 6.60. The number of ether oxygens (including phenoxy) is 1. The van der Waals surface area contributed by atoms with Gasteiger partial charge in [-0.05, 0) is 48.5 Å². The number of furan rings is 1. The fourth-order valence-electron chi connectivity index (χ4n) is 3.41. The zero-order valence-electron chi connectivity index (χ0n) is 18.0. The van der Waals surface area contributed by atoms with Crippen molar-refractivity contribution in [3.8, 4) is 27.6 Å². The second kappa shape index (κ2) is 9.09. The Morgan fingerprint density at radius 3 is 2.79 bits per heavy atom. The molecule has 0 aliphatic heterocycles. The van der Waals surface area contributed by atoms with E-state index < -0.39 is 5.91 Å². The Bertz CT molecular complexity index is 1520. The highest BCUT2D eigenvalue weighted by molar-refractivity contribution is 7.19. The average Bonchev–Trinajstić information content (AvgIpc) is 3.56. The molecule has 1 amide bonds. The van der Waals surface area contributed by atoms with Gasteiger partial charge in [-0.1, -0.05) is 41.5 Å². The number of nitrogens with zero attached hydrogens (tertiary/aromatic N) is 4. The van der Waals surface area contributed by atoms with Gasteiger partial charge in [0, 0.05) is 22.6 Å². The van der Waals surface area contributed by atoms with Crippen LogP contribution in [0, 0.1) is 0 Å². The highest BCUT2D eigenvalue weighted by Gasteiger charge is 2.18. The predicted octanol–water partition coefficient (Wildman–Crippen LogP) is 6.24. The molecule has 172 valence electrons. The fourth-order valence-corrected chi connectivity index (χ4v) is 4.65. The Labute approximate surface area is 208 Å². The molecule has 2 aromatic carbocycles. The SMILES string of the molecule is CCc1nnc2sc(-c3ccc(OC)c(NC(=O)c4ccc(-c5cc(Cl)ccc5Cl)o4)c3)nn12. The Kier molecular flexibility index (Phi) is 5.99. The van der Waals surface area contributed by atoms with Crippen molar-refractivity contribution >= 4 is 51.1 Å². The van der Waals surface area contributed by atoms with Gasteiger partial charge in [-0.15, -0.1) is 10.2 Å². The van der Waals surface area contributed by atoms with E-state index in [0.717, 1.165) is 22.8 Å². The number of aromatic nitrogens is 4. The number of anilines is 1. The van der Waals surface area contributed by atoms with Crippen LogP contribution in [-0.2, 0) is 6.42 Å². The molecule has 0 spiro atoms. The van der Waals surface area contributed by atoms with Crippen molar-refractivity contribution in [2.75, 3.05) is 12.4 Å². The van der Waals surface area contributed by atoms with Crippen LogP contribution in [0.5, 0.6) is 5.75 Å². The van der Waals surface area contributed by atoms with Crippen LogP contribution in [0.4, 0.5) is 5.69 Å². The molecule has 0 saturated heterocycles. The third-order valence-electron chi connectivity index (χ3n) is 5.09. The first kappa shape index (κ1) is 22.4. The highest BCUT2D eigenvalue weighted by Crippen LogP contribution is 2.34. The summed E-state index contributed by atoms with van der Waals surface area (Å²) in [7, 11) is 1.54. The quantitative estimate of drug-likeness (QED) is 0.288. The number of carbonyl (C=O) groups excluding carboxylic acids is 1. The monoisotopic (exact) mass is 513 g/mol. The molecule has 0 fully saturated rings. The first-order valence-electron chi connectivity index (χ1n) is 10.2. The van der Waals surface area contributed by atoms with Crippen LogP contribution in [0.25, 0.3) is 26.9 Å². The molecule has 5 aromatic rings. The van der Waals surface area contributed by atoms with E-state index in [1.165, 1.54) is 18.4 Å². The lowest BCUT2D eigenvalue weighted by Gasteiger charge is -2.10. The highest BCUT2D eigenvalue weighted by atomic mass is 35.5. The van der Waals surface area contributed by atoms with Crippen LogP contribution in [0.2, 0.25) is 10.0 Å². The maximum Gasteiger partial charge on any atom is 0.291 e. The lowest BCUT2D eigenvalue weighted by molar-refractivity contribution is 0.0997. The van der Waals surface area contributed by atoms with Crippen molar-refractivity contribution in [2.24, 2.45) is 0 Å². The minimum absolute atomic E-state index is 0.116. The van der Waals surface area contributed by atoms with Crippen LogP contribution in [0.1, 0.15) is 23.3 Å². The van der Waals surface area contributed by atoms with E-state index in [2.05, 4.69) is 20.6 Å². The number of methoxy groups -OCH3 is 1. The Balaban J connectivity index is 1.43. The molecule has 34 heavy (non-hydrogen) atoms. The molecule has 0 radical (unpaired) electrons. The molecular formula is C23H17Cl2N5O3S. The summed E-state index contributed by atoms with van der Waals surface area (Å²) in [5, 5.41) is 17.5. The van der Waals surface area contributed by atoms with Crippen molar-refractivity contribution in [1.29, 1.82) is 0 Å². The second-order valence-electron chi connectivity index (χ2n) is 7.23. The van der Waals surface area contributed by atoms with Crippen LogP contribution in [-0.4, -0.2) is 32.8 Å². The molecule has 3 aromatic heterocycles. The number of rotatable bonds is 6. The normalized spacial score (nSPS) is 11.2. The topological polar surface area (TPSA) is 94.6 Å². The summed E-state index contributed by atoms with van der Waals surface area (Å²) < 4.78 is 12.9. The molecule has 0 saturated carbocycles. The number of aryl methyl sites for hydroxylation is 1. The molecular weight excluding hydrogens is 497 g/mol. The van der Waals surface area contributed by atoms with E-state index in [0.29, 0.717) is 37.8 Å². The number of carbonyl (C=O) groups is 1. The third kappa shape index (κ3) is 4.13. The molecule has 0 atom stereocenters. The largest absolute Gasteiger partial charge is 0.495 e. The van der Waals surface area contributed by atoms with Gasteiger partial charge in [0.2, 0.25) is 4.96 Å². The number of nitrogens with one attached hydrogen (secondary N) is 1. The maximum absolute atomic E-state index is 13.0. The van der Waals surface area contributed by atoms with Crippen molar-refractivity contribution in [1.82, 2.24) is 19.8 Å². The van der Waals surface area contributed by atoms with Gasteiger partial charge < -0.3 is 14.5 Å². The summed E-state index contributed by atoms with van der Waals surface area (Å²) in [4.78, 5) is 13.7. The van der Waals surface area contributed by atoms with Crippen LogP contribution >= 0.6 is 34.5 Å². The van der Waals surface area contributed by atoms with Crippen LogP contribution in [0.15, 0.2) is 52.9 Å². The number of benzene rings is 2. The molecule has 1 N–H and O–H groups in total. The van der Waals surface area contributed by atoms with Gasteiger partial charge in [0.15, 0.2) is 11.6 Å². The molecule has 0 bridgehead atoms. The first-order chi connectivity index (χ1) is 16.5. The molecule has 3 heterocycles.